The van der Waals surface area contributed by atoms with Crippen molar-refractivity contribution in [3.05, 3.63) is 66.2 Å². The smallest absolute Gasteiger partial charge is 0.163 e. The Morgan fingerprint density at radius 3 is 2.25 bits per heavy atom. The largest absolute Gasteiger partial charge is 0.370 e. The van der Waals surface area contributed by atoms with Crippen LogP contribution in [0.1, 0.15) is 6.42 Å². The molecule has 3 rings (SSSR count). The lowest BCUT2D eigenvalue weighted by molar-refractivity contribution is 0.405. The van der Waals surface area contributed by atoms with Gasteiger partial charge in [-0.2, -0.15) is 0 Å². The van der Waals surface area contributed by atoms with Crippen LogP contribution in [0, 0.1) is 11.6 Å². The Kier molecular flexibility index (Phi) is 6.49. The Bertz CT molecular complexity index is 896. The zero-order valence-corrected chi connectivity index (χ0v) is 15.9. The number of hydrogen-bond acceptors (Lipinski definition) is 5. The van der Waals surface area contributed by atoms with Crippen molar-refractivity contribution in [2.75, 3.05) is 37.8 Å². The van der Waals surface area contributed by atoms with Crippen molar-refractivity contribution in [1.82, 2.24) is 14.9 Å². The molecule has 2 N–H and O–H groups in total. The van der Waals surface area contributed by atoms with E-state index in [2.05, 4.69) is 25.5 Å². The number of nitrogens with zero attached hydrogens (tertiary/aromatic N) is 3. The molecule has 0 spiro atoms. The molecule has 0 atom stereocenters. The minimum atomic E-state index is -0.680. The van der Waals surface area contributed by atoms with Gasteiger partial charge in [0.1, 0.15) is 29.0 Å². The predicted molar refractivity (Wildman–Crippen MR) is 109 cm³/mol. The van der Waals surface area contributed by atoms with Gasteiger partial charge >= 0.3 is 0 Å². The van der Waals surface area contributed by atoms with E-state index in [0.29, 0.717) is 17.5 Å². The highest BCUT2D eigenvalue weighted by molar-refractivity contribution is 5.65. The van der Waals surface area contributed by atoms with E-state index >= 15 is 0 Å². The molecule has 0 amide bonds. The Balaban J connectivity index is 1.89. The summed E-state index contributed by atoms with van der Waals surface area (Å²) in [6, 6.07) is 14.8. The number of halogens is 2. The molecule has 0 saturated heterocycles. The summed E-state index contributed by atoms with van der Waals surface area (Å²) in [4.78, 5) is 11.1. The molecule has 3 aromatic rings. The fourth-order valence-electron chi connectivity index (χ4n) is 2.68. The fraction of sp³-hybridized carbons (Fsp3) is 0.238. The molecular weight excluding hydrogens is 360 g/mol. The van der Waals surface area contributed by atoms with Crippen LogP contribution in [-0.2, 0) is 0 Å². The van der Waals surface area contributed by atoms with Gasteiger partial charge in [0.15, 0.2) is 5.82 Å². The van der Waals surface area contributed by atoms with Gasteiger partial charge in [-0.05, 0) is 39.2 Å². The van der Waals surface area contributed by atoms with Gasteiger partial charge in [0.25, 0.3) is 0 Å². The summed E-state index contributed by atoms with van der Waals surface area (Å²) >= 11 is 0. The Labute approximate surface area is 163 Å². The van der Waals surface area contributed by atoms with Crippen molar-refractivity contribution >= 4 is 17.3 Å². The van der Waals surface area contributed by atoms with E-state index in [9.17, 15) is 8.78 Å². The number of para-hydroxylation sites is 1. The van der Waals surface area contributed by atoms with Gasteiger partial charge in [-0.25, -0.2) is 18.7 Å². The second-order valence-electron chi connectivity index (χ2n) is 6.63. The molecule has 1 aromatic heterocycles. The summed E-state index contributed by atoms with van der Waals surface area (Å²) in [6.07, 6.45) is 0.933. The number of aromatic nitrogens is 2. The minimum absolute atomic E-state index is 0.237. The lowest BCUT2D eigenvalue weighted by Gasteiger charge is -2.13. The zero-order valence-electron chi connectivity index (χ0n) is 15.9. The molecule has 146 valence electrons. The van der Waals surface area contributed by atoms with Crippen LogP contribution in [0.3, 0.4) is 0 Å². The standard InChI is InChI=1S/C21H23F2N5/c1-28(2)13-7-12-24-18-14-19(25-20-16(22)10-6-11-17(20)23)27-21(26-18)15-8-4-3-5-9-15/h3-6,8-11,14H,7,12-13H2,1-2H3,(H2,24,25,26,27). The van der Waals surface area contributed by atoms with E-state index < -0.39 is 11.6 Å². The first-order valence-corrected chi connectivity index (χ1v) is 9.07. The highest BCUT2D eigenvalue weighted by Gasteiger charge is 2.12. The topological polar surface area (TPSA) is 53.1 Å². The number of rotatable bonds is 8. The fourth-order valence-corrected chi connectivity index (χ4v) is 2.68. The summed E-state index contributed by atoms with van der Waals surface area (Å²) in [6.45, 7) is 1.66. The summed E-state index contributed by atoms with van der Waals surface area (Å²) in [7, 11) is 4.03. The van der Waals surface area contributed by atoms with E-state index in [0.717, 1.165) is 25.1 Å². The van der Waals surface area contributed by atoms with Crippen molar-refractivity contribution in [3.63, 3.8) is 0 Å². The lowest BCUT2D eigenvalue weighted by Crippen LogP contribution is -2.17. The van der Waals surface area contributed by atoms with Gasteiger partial charge < -0.3 is 15.5 Å². The Hall–Kier alpha value is -3.06. The van der Waals surface area contributed by atoms with E-state index in [1.54, 1.807) is 6.07 Å². The van der Waals surface area contributed by atoms with Gasteiger partial charge in [0.05, 0.1) is 0 Å². The lowest BCUT2D eigenvalue weighted by atomic mass is 10.2. The first-order valence-electron chi connectivity index (χ1n) is 9.07. The van der Waals surface area contributed by atoms with E-state index in [4.69, 9.17) is 0 Å². The summed E-state index contributed by atoms with van der Waals surface area (Å²) in [5, 5.41) is 6.01. The van der Waals surface area contributed by atoms with E-state index in [1.807, 2.05) is 44.4 Å². The second kappa shape index (κ2) is 9.23. The van der Waals surface area contributed by atoms with Gasteiger partial charge in [0, 0.05) is 18.2 Å². The molecule has 0 saturated carbocycles. The van der Waals surface area contributed by atoms with Crippen molar-refractivity contribution in [2.24, 2.45) is 0 Å². The molecule has 0 aliphatic rings. The van der Waals surface area contributed by atoms with Crippen LogP contribution < -0.4 is 10.6 Å². The maximum atomic E-state index is 14.0. The molecule has 0 aliphatic carbocycles. The highest BCUT2D eigenvalue weighted by atomic mass is 19.1. The molecule has 0 fully saturated rings. The molecule has 0 aliphatic heterocycles. The monoisotopic (exact) mass is 383 g/mol. The molecule has 0 unspecified atom stereocenters. The van der Waals surface area contributed by atoms with Crippen LogP contribution in [0.15, 0.2) is 54.6 Å². The van der Waals surface area contributed by atoms with Crippen LogP contribution in [0.25, 0.3) is 11.4 Å². The number of benzene rings is 2. The molecule has 0 radical (unpaired) electrons. The quantitative estimate of drug-likeness (QED) is 0.560. The Morgan fingerprint density at radius 2 is 1.57 bits per heavy atom. The minimum Gasteiger partial charge on any atom is -0.370 e. The van der Waals surface area contributed by atoms with Crippen LogP contribution >= 0.6 is 0 Å². The molecule has 2 aromatic carbocycles. The highest BCUT2D eigenvalue weighted by Crippen LogP contribution is 2.25. The maximum Gasteiger partial charge on any atom is 0.163 e. The van der Waals surface area contributed by atoms with Crippen molar-refractivity contribution < 1.29 is 8.78 Å². The number of anilines is 3. The molecule has 28 heavy (non-hydrogen) atoms. The molecule has 5 nitrogen and oxygen atoms in total. The molecular formula is C21H23F2N5. The summed E-state index contributed by atoms with van der Waals surface area (Å²) in [5.74, 6) is 0.0120. The molecule has 7 heteroatoms. The van der Waals surface area contributed by atoms with Gasteiger partial charge in [-0.1, -0.05) is 36.4 Å². The van der Waals surface area contributed by atoms with Crippen LogP contribution in [0.5, 0.6) is 0 Å². The van der Waals surface area contributed by atoms with Crippen LogP contribution in [-0.4, -0.2) is 42.1 Å². The third-order valence-corrected chi connectivity index (χ3v) is 4.06. The zero-order chi connectivity index (χ0) is 19.9. The summed E-state index contributed by atoms with van der Waals surface area (Å²) in [5.41, 5.74) is 0.579. The SMILES string of the molecule is CN(C)CCCNc1cc(Nc2c(F)cccc2F)nc(-c2ccccc2)n1. The van der Waals surface area contributed by atoms with Gasteiger partial charge in [-0.15, -0.1) is 0 Å². The Morgan fingerprint density at radius 1 is 0.893 bits per heavy atom. The molecule has 1 heterocycles. The first-order chi connectivity index (χ1) is 13.5. The first kappa shape index (κ1) is 19.7. The maximum absolute atomic E-state index is 14.0. The average molecular weight is 383 g/mol. The van der Waals surface area contributed by atoms with E-state index in [-0.39, 0.29) is 5.69 Å². The normalized spacial score (nSPS) is 10.9. The summed E-state index contributed by atoms with van der Waals surface area (Å²) < 4.78 is 28.0. The molecule has 0 bridgehead atoms. The third kappa shape index (κ3) is 5.23. The number of hydrogen-bond donors (Lipinski definition) is 2. The average Bonchev–Trinajstić information content (AvgIpc) is 2.69. The van der Waals surface area contributed by atoms with Gasteiger partial charge in [-0.3, -0.25) is 0 Å². The second-order valence-corrected chi connectivity index (χ2v) is 6.63. The van der Waals surface area contributed by atoms with Crippen molar-refractivity contribution in [2.45, 2.75) is 6.42 Å². The van der Waals surface area contributed by atoms with Crippen LogP contribution in [0.4, 0.5) is 26.1 Å². The number of nitrogens with one attached hydrogen (secondary N) is 2. The van der Waals surface area contributed by atoms with Crippen molar-refractivity contribution in [1.29, 1.82) is 0 Å². The van der Waals surface area contributed by atoms with E-state index in [1.165, 1.54) is 18.2 Å². The van der Waals surface area contributed by atoms with Crippen molar-refractivity contribution in [3.8, 4) is 11.4 Å². The predicted octanol–water partition coefficient (Wildman–Crippen LogP) is 4.53. The van der Waals surface area contributed by atoms with Crippen LogP contribution in [0.2, 0.25) is 0 Å². The van der Waals surface area contributed by atoms with Gasteiger partial charge in [0.2, 0.25) is 0 Å². The third-order valence-electron chi connectivity index (χ3n) is 4.06.